The number of thioether (sulfide) groups is 1. The Morgan fingerprint density at radius 2 is 2.28 bits per heavy atom. The van der Waals surface area contributed by atoms with E-state index in [4.69, 9.17) is 4.74 Å². The molecule has 0 radical (unpaired) electrons. The molecule has 0 bridgehead atoms. The summed E-state index contributed by atoms with van der Waals surface area (Å²) >= 11 is 1.25. The van der Waals surface area contributed by atoms with Gasteiger partial charge < -0.3 is 9.64 Å². The topological polar surface area (TPSA) is 83.3 Å². The lowest BCUT2D eigenvalue weighted by molar-refractivity contribution is -0.130. The SMILES string of the molecule is CCOC(=O)c1cc(C#N)c(SCC(=O)N2CCC[C@@H](C)C2)nc1C. The minimum absolute atomic E-state index is 0.0642. The Hall–Kier alpha value is -2.07. The fourth-order valence-electron chi connectivity index (χ4n) is 2.83. The standard InChI is InChI=1S/C18H23N3O3S/c1-4-24-18(23)15-8-14(9-19)17(20-13(15)3)25-11-16(22)21-7-5-6-12(2)10-21/h8,12H,4-7,10-11H2,1-3H3/t12-/m1/s1. The number of likely N-dealkylation sites (tertiary alicyclic amines) is 1. The molecule has 25 heavy (non-hydrogen) atoms. The number of hydrogen-bond donors (Lipinski definition) is 0. The van der Waals surface area contributed by atoms with Crippen LogP contribution in [0.3, 0.4) is 0 Å². The van der Waals surface area contributed by atoms with Crippen LogP contribution in [0, 0.1) is 24.2 Å². The van der Waals surface area contributed by atoms with Gasteiger partial charge in [-0.3, -0.25) is 4.79 Å². The second kappa shape index (κ2) is 8.86. The van der Waals surface area contributed by atoms with Crippen molar-refractivity contribution in [1.29, 1.82) is 5.26 Å². The van der Waals surface area contributed by atoms with Crippen LogP contribution >= 0.6 is 11.8 Å². The third-order valence-electron chi connectivity index (χ3n) is 4.14. The molecule has 1 aliphatic heterocycles. The molecule has 2 rings (SSSR count). The Labute approximate surface area is 152 Å². The maximum Gasteiger partial charge on any atom is 0.340 e. The first-order chi connectivity index (χ1) is 12.0. The van der Waals surface area contributed by atoms with Gasteiger partial charge in [-0.25, -0.2) is 9.78 Å². The van der Waals surface area contributed by atoms with Crippen molar-refractivity contribution in [2.24, 2.45) is 5.92 Å². The Morgan fingerprint density at radius 3 is 2.92 bits per heavy atom. The van der Waals surface area contributed by atoms with Crippen LogP contribution < -0.4 is 0 Å². The molecule has 1 aromatic rings. The molecule has 1 saturated heterocycles. The van der Waals surface area contributed by atoms with E-state index in [-0.39, 0.29) is 18.3 Å². The monoisotopic (exact) mass is 361 g/mol. The highest BCUT2D eigenvalue weighted by atomic mass is 32.2. The summed E-state index contributed by atoms with van der Waals surface area (Å²) in [5, 5.41) is 9.82. The number of esters is 1. The molecule has 1 atom stereocenters. The molecular formula is C18H23N3O3S. The first-order valence-corrected chi connectivity index (χ1v) is 9.44. The molecule has 2 heterocycles. The number of ether oxygens (including phenoxy) is 1. The number of carbonyl (C=O) groups is 2. The van der Waals surface area contributed by atoms with Gasteiger partial charge in [0, 0.05) is 13.1 Å². The summed E-state index contributed by atoms with van der Waals surface area (Å²) in [6, 6.07) is 3.55. The number of piperidine rings is 1. The van der Waals surface area contributed by atoms with Crippen molar-refractivity contribution in [3.63, 3.8) is 0 Å². The molecule has 0 spiro atoms. The van der Waals surface area contributed by atoms with Crippen LogP contribution in [-0.4, -0.2) is 47.2 Å². The lowest BCUT2D eigenvalue weighted by atomic mass is 10.0. The highest BCUT2D eigenvalue weighted by molar-refractivity contribution is 7.99. The fourth-order valence-corrected chi connectivity index (χ4v) is 3.73. The summed E-state index contributed by atoms with van der Waals surface area (Å²) in [5.74, 6) is 0.349. The van der Waals surface area contributed by atoms with Crippen LogP contribution in [0.2, 0.25) is 0 Å². The van der Waals surface area contributed by atoms with Crippen LogP contribution in [0.5, 0.6) is 0 Å². The third kappa shape index (κ3) is 4.95. The highest BCUT2D eigenvalue weighted by Crippen LogP contribution is 2.24. The van der Waals surface area contributed by atoms with Crippen molar-refractivity contribution in [2.75, 3.05) is 25.4 Å². The van der Waals surface area contributed by atoms with E-state index in [9.17, 15) is 14.9 Å². The van der Waals surface area contributed by atoms with E-state index in [0.717, 1.165) is 25.9 Å². The molecule has 0 aromatic carbocycles. The van der Waals surface area contributed by atoms with Gasteiger partial charge in [0.25, 0.3) is 0 Å². The molecule has 0 saturated carbocycles. The summed E-state index contributed by atoms with van der Waals surface area (Å²) in [6.07, 6.45) is 2.19. The fraction of sp³-hybridized carbons (Fsp3) is 0.556. The lowest BCUT2D eigenvalue weighted by Gasteiger charge is -2.30. The average Bonchev–Trinajstić information content (AvgIpc) is 2.59. The molecule has 134 valence electrons. The summed E-state index contributed by atoms with van der Waals surface area (Å²) < 4.78 is 4.98. The molecule has 0 aliphatic carbocycles. The Morgan fingerprint density at radius 1 is 1.52 bits per heavy atom. The minimum atomic E-state index is -0.487. The Balaban J connectivity index is 2.09. The van der Waals surface area contributed by atoms with E-state index < -0.39 is 5.97 Å². The zero-order valence-corrected chi connectivity index (χ0v) is 15.7. The predicted molar refractivity (Wildman–Crippen MR) is 95.3 cm³/mol. The van der Waals surface area contributed by atoms with E-state index >= 15 is 0 Å². The van der Waals surface area contributed by atoms with Crippen molar-refractivity contribution in [2.45, 2.75) is 38.6 Å². The van der Waals surface area contributed by atoms with Gasteiger partial charge >= 0.3 is 5.97 Å². The number of carbonyl (C=O) groups excluding carboxylic acids is 2. The normalized spacial score (nSPS) is 17.0. The second-order valence-electron chi connectivity index (χ2n) is 6.18. The van der Waals surface area contributed by atoms with Crippen molar-refractivity contribution in [3.8, 4) is 6.07 Å². The first-order valence-electron chi connectivity index (χ1n) is 8.45. The molecule has 1 aliphatic rings. The molecule has 7 heteroatoms. The molecular weight excluding hydrogens is 338 g/mol. The maximum absolute atomic E-state index is 12.4. The molecule has 1 aromatic heterocycles. The zero-order chi connectivity index (χ0) is 18.4. The maximum atomic E-state index is 12.4. The van der Waals surface area contributed by atoms with Gasteiger partial charge in [-0.15, -0.1) is 0 Å². The van der Waals surface area contributed by atoms with Crippen molar-refractivity contribution in [1.82, 2.24) is 9.88 Å². The van der Waals surface area contributed by atoms with Crippen LogP contribution in [0.15, 0.2) is 11.1 Å². The van der Waals surface area contributed by atoms with Crippen LogP contribution in [0.25, 0.3) is 0 Å². The van der Waals surface area contributed by atoms with Crippen molar-refractivity contribution >= 4 is 23.6 Å². The predicted octanol–water partition coefficient (Wildman–Crippen LogP) is 2.79. The smallest absolute Gasteiger partial charge is 0.340 e. The van der Waals surface area contributed by atoms with Crippen LogP contribution in [-0.2, 0) is 9.53 Å². The average molecular weight is 361 g/mol. The van der Waals surface area contributed by atoms with Gasteiger partial charge in [-0.2, -0.15) is 5.26 Å². The molecule has 0 unspecified atom stereocenters. The Bertz CT molecular complexity index is 700. The van der Waals surface area contributed by atoms with E-state index in [2.05, 4.69) is 18.0 Å². The highest BCUT2D eigenvalue weighted by Gasteiger charge is 2.22. The van der Waals surface area contributed by atoms with Gasteiger partial charge in [0.15, 0.2) is 0 Å². The number of aryl methyl sites for hydroxylation is 1. The van der Waals surface area contributed by atoms with Gasteiger partial charge in [-0.1, -0.05) is 18.7 Å². The first kappa shape index (κ1) is 19.3. The largest absolute Gasteiger partial charge is 0.462 e. The number of aromatic nitrogens is 1. The number of nitrogens with zero attached hydrogens (tertiary/aromatic N) is 3. The number of rotatable bonds is 5. The van der Waals surface area contributed by atoms with Gasteiger partial charge in [0.2, 0.25) is 5.91 Å². The quantitative estimate of drug-likeness (QED) is 0.592. The third-order valence-corrected chi connectivity index (χ3v) is 5.11. The molecule has 0 N–H and O–H groups in total. The number of amides is 1. The van der Waals surface area contributed by atoms with E-state index in [0.29, 0.717) is 27.8 Å². The lowest BCUT2D eigenvalue weighted by Crippen LogP contribution is -2.40. The summed E-state index contributed by atoms with van der Waals surface area (Å²) in [7, 11) is 0. The van der Waals surface area contributed by atoms with Crippen molar-refractivity contribution in [3.05, 3.63) is 22.9 Å². The molecule has 1 amide bonds. The minimum Gasteiger partial charge on any atom is -0.462 e. The van der Waals surface area contributed by atoms with Gasteiger partial charge in [-0.05, 0) is 38.7 Å². The van der Waals surface area contributed by atoms with E-state index in [1.807, 2.05) is 4.90 Å². The summed E-state index contributed by atoms with van der Waals surface area (Å²) in [4.78, 5) is 30.5. The van der Waals surface area contributed by atoms with Crippen LogP contribution in [0.1, 0.15) is 48.3 Å². The Kier molecular flexibility index (Phi) is 6.82. The van der Waals surface area contributed by atoms with E-state index in [1.54, 1.807) is 13.8 Å². The number of pyridine rings is 1. The zero-order valence-electron chi connectivity index (χ0n) is 14.9. The molecule has 1 fully saturated rings. The van der Waals surface area contributed by atoms with Crippen LogP contribution in [0.4, 0.5) is 0 Å². The van der Waals surface area contributed by atoms with E-state index in [1.165, 1.54) is 17.8 Å². The summed E-state index contributed by atoms with van der Waals surface area (Å²) in [6.45, 7) is 7.43. The second-order valence-corrected chi connectivity index (χ2v) is 7.15. The van der Waals surface area contributed by atoms with Gasteiger partial charge in [0.1, 0.15) is 11.1 Å². The number of nitriles is 1. The van der Waals surface area contributed by atoms with Gasteiger partial charge in [0.05, 0.1) is 29.2 Å². The molecule has 6 nitrogen and oxygen atoms in total. The summed E-state index contributed by atoms with van der Waals surface area (Å²) in [5.41, 5.74) is 1.08. The van der Waals surface area contributed by atoms with Crippen molar-refractivity contribution < 1.29 is 14.3 Å². The number of hydrogen-bond acceptors (Lipinski definition) is 6.